The summed E-state index contributed by atoms with van der Waals surface area (Å²) in [6.45, 7) is 2.68. The maximum Gasteiger partial charge on any atom is 0.233 e. The summed E-state index contributed by atoms with van der Waals surface area (Å²) in [5.41, 5.74) is 2.89. The van der Waals surface area contributed by atoms with Crippen molar-refractivity contribution in [3.63, 3.8) is 0 Å². The van der Waals surface area contributed by atoms with Gasteiger partial charge in [-0.1, -0.05) is 31.0 Å². The number of pyridine rings is 1. The van der Waals surface area contributed by atoms with Crippen LogP contribution in [0.1, 0.15) is 36.8 Å². The van der Waals surface area contributed by atoms with Crippen molar-refractivity contribution in [2.45, 2.75) is 37.5 Å². The number of imidazole rings is 1. The zero-order valence-corrected chi connectivity index (χ0v) is 18.7. The first-order valence-corrected chi connectivity index (χ1v) is 11.6. The van der Waals surface area contributed by atoms with E-state index in [1.165, 1.54) is 5.56 Å². The highest BCUT2D eigenvalue weighted by Crippen LogP contribution is 2.43. The lowest BCUT2D eigenvalue weighted by Gasteiger charge is -2.35. The lowest BCUT2D eigenvalue weighted by molar-refractivity contribution is -0.137. The molecule has 32 heavy (non-hydrogen) atoms. The Bertz CT molecular complexity index is 1070. The maximum atomic E-state index is 14.0. The van der Waals surface area contributed by atoms with Gasteiger partial charge in [-0.25, -0.2) is 4.98 Å². The first-order chi connectivity index (χ1) is 15.7. The molecule has 1 saturated carbocycles. The highest BCUT2D eigenvalue weighted by molar-refractivity contribution is 5.88. The molecule has 6 heteroatoms. The number of methoxy groups -OCH3 is 1. The molecule has 3 heterocycles. The third kappa shape index (κ3) is 3.99. The number of amides is 1. The SMILES string of the molecule is COc1ccc(C2(C(=O)N3CCOCC(Cc4ccc5nccn5c4)C3)CCCC2)cc1. The largest absolute Gasteiger partial charge is 0.497 e. The van der Waals surface area contributed by atoms with Gasteiger partial charge in [-0.2, -0.15) is 0 Å². The molecule has 2 aromatic heterocycles. The molecule has 1 aliphatic heterocycles. The van der Waals surface area contributed by atoms with Gasteiger partial charge in [0.2, 0.25) is 5.91 Å². The fourth-order valence-corrected chi connectivity index (χ4v) is 5.43. The molecule has 0 spiro atoms. The minimum Gasteiger partial charge on any atom is -0.497 e. The topological polar surface area (TPSA) is 56.1 Å². The van der Waals surface area contributed by atoms with Crippen LogP contribution >= 0.6 is 0 Å². The molecule has 1 aliphatic carbocycles. The lowest BCUT2D eigenvalue weighted by Crippen LogP contribution is -2.47. The average molecular weight is 434 g/mol. The van der Waals surface area contributed by atoms with E-state index in [9.17, 15) is 4.79 Å². The van der Waals surface area contributed by atoms with Gasteiger partial charge in [0.1, 0.15) is 11.4 Å². The molecule has 0 N–H and O–H groups in total. The van der Waals surface area contributed by atoms with Crippen LogP contribution in [0.5, 0.6) is 5.75 Å². The number of aromatic nitrogens is 2. The van der Waals surface area contributed by atoms with Crippen molar-refractivity contribution in [3.05, 3.63) is 66.1 Å². The predicted octanol–water partition coefficient (Wildman–Crippen LogP) is 3.87. The molecule has 1 amide bonds. The fourth-order valence-electron chi connectivity index (χ4n) is 5.43. The Kier molecular flexibility index (Phi) is 5.87. The Morgan fingerprint density at radius 2 is 2.00 bits per heavy atom. The summed E-state index contributed by atoms with van der Waals surface area (Å²) < 4.78 is 13.3. The minimum absolute atomic E-state index is 0.265. The summed E-state index contributed by atoms with van der Waals surface area (Å²) in [7, 11) is 1.67. The van der Waals surface area contributed by atoms with E-state index in [1.807, 2.05) is 35.0 Å². The number of hydrogen-bond donors (Lipinski definition) is 0. The van der Waals surface area contributed by atoms with Gasteiger partial charge in [0.05, 0.1) is 25.7 Å². The van der Waals surface area contributed by atoms with Crippen LogP contribution in [0.3, 0.4) is 0 Å². The molecular formula is C26H31N3O3. The van der Waals surface area contributed by atoms with Crippen molar-refractivity contribution in [1.82, 2.24) is 14.3 Å². The van der Waals surface area contributed by atoms with E-state index < -0.39 is 5.41 Å². The number of ether oxygens (including phenoxy) is 2. The summed E-state index contributed by atoms with van der Waals surface area (Å²) in [6, 6.07) is 12.3. The quantitative estimate of drug-likeness (QED) is 0.613. The zero-order valence-electron chi connectivity index (χ0n) is 18.7. The molecule has 2 fully saturated rings. The van der Waals surface area contributed by atoms with Gasteiger partial charge in [-0.15, -0.1) is 0 Å². The number of nitrogens with zero attached hydrogens (tertiary/aromatic N) is 3. The van der Waals surface area contributed by atoms with Gasteiger partial charge in [-0.05, 0) is 48.6 Å². The summed E-state index contributed by atoms with van der Waals surface area (Å²) >= 11 is 0. The first kappa shape index (κ1) is 21.0. The summed E-state index contributed by atoms with van der Waals surface area (Å²) in [5, 5.41) is 0. The molecular weight excluding hydrogens is 402 g/mol. The van der Waals surface area contributed by atoms with Crippen LogP contribution in [0, 0.1) is 5.92 Å². The molecule has 1 aromatic carbocycles. The van der Waals surface area contributed by atoms with Crippen molar-refractivity contribution >= 4 is 11.6 Å². The van der Waals surface area contributed by atoms with Gasteiger partial charge in [-0.3, -0.25) is 4.79 Å². The Labute approximate surface area is 189 Å². The number of carbonyl (C=O) groups excluding carboxylic acids is 1. The van der Waals surface area contributed by atoms with E-state index in [-0.39, 0.29) is 11.8 Å². The van der Waals surface area contributed by atoms with Crippen LogP contribution in [0.4, 0.5) is 0 Å². The van der Waals surface area contributed by atoms with Gasteiger partial charge in [0.25, 0.3) is 0 Å². The second-order valence-corrected chi connectivity index (χ2v) is 9.14. The van der Waals surface area contributed by atoms with Gasteiger partial charge < -0.3 is 18.8 Å². The van der Waals surface area contributed by atoms with Gasteiger partial charge >= 0.3 is 0 Å². The highest BCUT2D eigenvalue weighted by Gasteiger charge is 2.45. The highest BCUT2D eigenvalue weighted by atomic mass is 16.5. The third-order valence-corrected chi connectivity index (χ3v) is 7.11. The Morgan fingerprint density at radius 1 is 1.19 bits per heavy atom. The minimum atomic E-state index is -0.420. The predicted molar refractivity (Wildman–Crippen MR) is 123 cm³/mol. The molecule has 1 unspecified atom stereocenters. The molecule has 168 valence electrons. The Morgan fingerprint density at radius 3 is 2.78 bits per heavy atom. The van der Waals surface area contributed by atoms with E-state index in [4.69, 9.17) is 9.47 Å². The van der Waals surface area contributed by atoms with Gasteiger partial charge in [0.15, 0.2) is 0 Å². The van der Waals surface area contributed by atoms with Gasteiger partial charge in [0, 0.05) is 37.6 Å². The van der Waals surface area contributed by atoms with Crippen molar-refractivity contribution < 1.29 is 14.3 Å². The molecule has 1 atom stereocenters. The van der Waals surface area contributed by atoms with Crippen LogP contribution in [-0.2, 0) is 21.4 Å². The Balaban J connectivity index is 1.36. The first-order valence-electron chi connectivity index (χ1n) is 11.6. The number of fused-ring (bicyclic) bond motifs is 1. The molecule has 0 radical (unpaired) electrons. The van der Waals surface area contributed by atoms with Crippen molar-refractivity contribution in [1.29, 1.82) is 0 Å². The van der Waals surface area contributed by atoms with E-state index in [1.54, 1.807) is 7.11 Å². The smallest absolute Gasteiger partial charge is 0.233 e. The van der Waals surface area contributed by atoms with Crippen LogP contribution < -0.4 is 4.74 Å². The number of benzene rings is 1. The summed E-state index contributed by atoms with van der Waals surface area (Å²) in [4.78, 5) is 20.4. The fraction of sp³-hybridized carbons (Fsp3) is 0.462. The second-order valence-electron chi connectivity index (χ2n) is 9.14. The summed E-state index contributed by atoms with van der Waals surface area (Å²) in [6.07, 6.45) is 10.8. The molecule has 5 rings (SSSR count). The lowest BCUT2D eigenvalue weighted by atomic mass is 9.77. The second kappa shape index (κ2) is 8.94. The molecule has 3 aromatic rings. The number of carbonyl (C=O) groups is 1. The number of hydrogen-bond acceptors (Lipinski definition) is 4. The van der Waals surface area contributed by atoms with E-state index in [2.05, 4.69) is 34.3 Å². The van der Waals surface area contributed by atoms with Crippen LogP contribution in [-0.4, -0.2) is 53.6 Å². The van der Waals surface area contributed by atoms with Crippen LogP contribution in [0.15, 0.2) is 55.0 Å². The molecule has 6 nitrogen and oxygen atoms in total. The molecule has 2 aliphatic rings. The van der Waals surface area contributed by atoms with Crippen molar-refractivity contribution in [2.24, 2.45) is 5.92 Å². The average Bonchev–Trinajstić information content (AvgIpc) is 3.45. The monoisotopic (exact) mass is 433 g/mol. The van der Waals surface area contributed by atoms with E-state index in [0.29, 0.717) is 19.8 Å². The maximum absolute atomic E-state index is 14.0. The van der Waals surface area contributed by atoms with Crippen molar-refractivity contribution in [2.75, 3.05) is 33.4 Å². The van der Waals surface area contributed by atoms with Crippen LogP contribution in [0.25, 0.3) is 5.65 Å². The van der Waals surface area contributed by atoms with E-state index >= 15 is 0 Å². The molecule has 0 bridgehead atoms. The van der Waals surface area contributed by atoms with E-state index in [0.717, 1.165) is 55.6 Å². The Hall–Kier alpha value is -2.86. The summed E-state index contributed by atoms with van der Waals surface area (Å²) in [5.74, 6) is 1.37. The zero-order chi connectivity index (χ0) is 22.0. The number of rotatable bonds is 5. The third-order valence-electron chi connectivity index (χ3n) is 7.11. The normalized spacial score (nSPS) is 20.9. The van der Waals surface area contributed by atoms with Crippen molar-refractivity contribution in [3.8, 4) is 5.75 Å². The standard InChI is InChI=1S/C26H31N3O3/c1-31-23-7-5-22(6-8-23)26(10-2-3-11-26)25(30)29-14-15-32-19-21(18-29)16-20-4-9-24-27-12-13-28(24)17-20/h4-9,12-13,17,21H,2-3,10-11,14-16,18-19H2,1H3. The van der Waals surface area contributed by atoms with Crippen LogP contribution in [0.2, 0.25) is 0 Å². The molecule has 1 saturated heterocycles.